The van der Waals surface area contributed by atoms with Gasteiger partial charge in [0.25, 0.3) is 0 Å². The summed E-state index contributed by atoms with van der Waals surface area (Å²) in [4.78, 5) is 22.8. The van der Waals surface area contributed by atoms with Crippen LogP contribution in [0, 0.1) is 17.3 Å². The number of hydrogen-bond donors (Lipinski definition) is 2. The molecule has 0 radical (unpaired) electrons. The second kappa shape index (κ2) is 9.17. The summed E-state index contributed by atoms with van der Waals surface area (Å²) in [5, 5.41) is 18.7. The minimum Gasteiger partial charge on any atom is -1.00 e. The predicted octanol–water partition coefficient (Wildman–Crippen LogP) is -3.39. The number of aliphatic carboxylic acids is 2. The first-order valence-electron chi connectivity index (χ1n) is 5.90. The SMILES string of the molecule is CC(C)C(C(=O)O)(C(=O)O)C1CCCCC1.[H-].[H-].[K+].[Li+]. The number of carbonyl (C=O) groups is 2. The summed E-state index contributed by atoms with van der Waals surface area (Å²) in [7, 11) is 0. The number of hydrogen-bond acceptors (Lipinski definition) is 2. The van der Waals surface area contributed by atoms with Gasteiger partial charge < -0.3 is 13.1 Å². The van der Waals surface area contributed by atoms with E-state index in [1.54, 1.807) is 13.8 Å². The van der Waals surface area contributed by atoms with Crippen molar-refractivity contribution >= 4 is 11.9 Å². The zero-order chi connectivity index (χ0) is 12.3. The smallest absolute Gasteiger partial charge is 1.00 e. The van der Waals surface area contributed by atoms with E-state index in [0.717, 1.165) is 32.1 Å². The minimum absolute atomic E-state index is 0. The summed E-state index contributed by atoms with van der Waals surface area (Å²) in [6, 6.07) is 0. The summed E-state index contributed by atoms with van der Waals surface area (Å²) < 4.78 is 0. The van der Waals surface area contributed by atoms with Crippen LogP contribution in [0.5, 0.6) is 0 Å². The number of carboxylic acids is 2. The molecule has 2 N–H and O–H groups in total. The van der Waals surface area contributed by atoms with Crippen LogP contribution in [-0.4, -0.2) is 22.2 Å². The van der Waals surface area contributed by atoms with E-state index in [2.05, 4.69) is 0 Å². The molecule has 4 nitrogen and oxygen atoms in total. The van der Waals surface area contributed by atoms with Crippen molar-refractivity contribution in [2.75, 3.05) is 0 Å². The Morgan fingerprint density at radius 1 is 1.11 bits per heavy atom. The van der Waals surface area contributed by atoms with E-state index >= 15 is 0 Å². The Morgan fingerprint density at radius 2 is 1.50 bits per heavy atom. The molecular formula is C12H22KLiO4. The Balaban J connectivity index is -0.000000320. The van der Waals surface area contributed by atoms with Crippen LogP contribution in [0.2, 0.25) is 0 Å². The molecule has 0 unspecified atom stereocenters. The summed E-state index contributed by atoms with van der Waals surface area (Å²) in [5.74, 6) is -2.97. The molecule has 0 saturated heterocycles. The van der Waals surface area contributed by atoms with Crippen LogP contribution in [0.15, 0.2) is 0 Å². The van der Waals surface area contributed by atoms with Gasteiger partial charge in [-0.15, -0.1) is 0 Å². The van der Waals surface area contributed by atoms with Crippen molar-refractivity contribution < 1.29 is 92.9 Å². The van der Waals surface area contributed by atoms with Crippen molar-refractivity contribution in [2.24, 2.45) is 17.3 Å². The van der Waals surface area contributed by atoms with Gasteiger partial charge in [-0.05, 0) is 24.7 Å². The molecule has 1 fully saturated rings. The van der Waals surface area contributed by atoms with Gasteiger partial charge in [0, 0.05) is 0 Å². The average Bonchev–Trinajstić information content (AvgIpc) is 2.18. The third-order valence-electron chi connectivity index (χ3n) is 3.87. The maximum atomic E-state index is 11.4. The predicted molar refractivity (Wildman–Crippen MR) is 61.3 cm³/mol. The van der Waals surface area contributed by atoms with Gasteiger partial charge in [-0.3, -0.25) is 9.59 Å². The monoisotopic (exact) mass is 276 g/mol. The van der Waals surface area contributed by atoms with E-state index < -0.39 is 17.4 Å². The van der Waals surface area contributed by atoms with Gasteiger partial charge in [-0.2, -0.15) is 0 Å². The molecule has 0 bridgehead atoms. The Hall–Kier alpha value is 1.17. The first-order chi connectivity index (χ1) is 7.44. The van der Waals surface area contributed by atoms with Crippen molar-refractivity contribution in [3.05, 3.63) is 0 Å². The Bertz CT molecular complexity index is 283. The fourth-order valence-electron chi connectivity index (χ4n) is 2.96. The van der Waals surface area contributed by atoms with E-state index in [9.17, 15) is 19.8 Å². The summed E-state index contributed by atoms with van der Waals surface area (Å²) >= 11 is 0. The standard InChI is InChI=1S/C12H20O4.K.Li.2H/c1-8(2)12(10(13)14,11(15)16)9-6-4-3-5-7-9;;;;/h8-9H,3-7H2,1-2H3,(H,13,14)(H,15,16);;;;/q;2*+1;2*-1. The topological polar surface area (TPSA) is 74.6 Å². The van der Waals surface area contributed by atoms with E-state index in [-0.39, 0.29) is 84.9 Å². The Morgan fingerprint density at radius 3 is 1.78 bits per heavy atom. The molecule has 1 rings (SSSR count). The quantitative estimate of drug-likeness (QED) is 0.415. The molecule has 0 aromatic rings. The van der Waals surface area contributed by atoms with E-state index in [4.69, 9.17) is 0 Å². The second-order valence-corrected chi connectivity index (χ2v) is 4.97. The molecule has 0 aromatic heterocycles. The molecule has 1 saturated carbocycles. The van der Waals surface area contributed by atoms with Crippen molar-refractivity contribution in [1.29, 1.82) is 0 Å². The fraction of sp³-hybridized carbons (Fsp3) is 0.833. The fourth-order valence-corrected chi connectivity index (χ4v) is 2.96. The molecule has 1 aliphatic rings. The minimum atomic E-state index is -1.60. The second-order valence-electron chi connectivity index (χ2n) is 4.97. The van der Waals surface area contributed by atoms with Crippen LogP contribution in [0.3, 0.4) is 0 Å². The van der Waals surface area contributed by atoms with Crippen LogP contribution in [0.4, 0.5) is 0 Å². The van der Waals surface area contributed by atoms with Crippen LogP contribution < -0.4 is 70.2 Å². The van der Waals surface area contributed by atoms with E-state index in [1.165, 1.54) is 0 Å². The summed E-state index contributed by atoms with van der Waals surface area (Å²) in [6.45, 7) is 3.38. The molecule has 6 heteroatoms. The normalized spacial score (nSPS) is 16.6. The van der Waals surface area contributed by atoms with Crippen LogP contribution in [-0.2, 0) is 9.59 Å². The largest absolute Gasteiger partial charge is 1.00 e. The van der Waals surface area contributed by atoms with Crippen LogP contribution in [0.25, 0.3) is 0 Å². The molecule has 96 valence electrons. The maximum Gasteiger partial charge on any atom is 1.00 e. The Kier molecular flexibility index (Phi) is 10.9. The van der Waals surface area contributed by atoms with Gasteiger partial charge in [-0.1, -0.05) is 33.1 Å². The van der Waals surface area contributed by atoms with Gasteiger partial charge in [0.15, 0.2) is 5.41 Å². The van der Waals surface area contributed by atoms with E-state index in [0.29, 0.717) is 0 Å². The molecule has 18 heavy (non-hydrogen) atoms. The molecule has 0 heterocycles. The summed E-state index contributed by atoms with van der Waals surface area (Å²) in [6.07, 6.45) is 4.41. The number of rotatable bonds is 4. The first kappa shape index (κ1) is 21.5. The molecule has 0 aromatic carbocycles. The van der Waals surface area contributed by atoms with Gasteiger partial charge >= 0.3 is 82.2 Å². The molecule has 0 spiro atoms. The van der Waals surface area contributed by atoms with Crippen molar-refractivity contribution in [1.82, 2.24) is 0 Å². The average molecular weight is 276 g/mol. The van der Waals surface area contributed by atoms with E-state index in [1.807, 2.05) is 0 Å². The third-order valence-corrected chi connectivity index (χ3v) is 3.87. The first-order valence-corrected chi connectivity index (χ1v) is 5.90. The molecule has 0 aliphatic heterocycles. The van der Waals surface area contributed by atoms with Gasteiger partial charge in [0.2, 0.25) is 0 Å². The van der Waals surface area contributed by atoms with Gasteiger partial charge in [0.1, 0.15) is 0 Å². The van der Waals surface area contributed by atoms with Gasteiger partial charge in [0.05, 0.1) is 0 Å². The molecule has 1 aliphatic carbocycles. The zero-order valence-corrected chi connectivity index (χ0v) is 15.0. The van der Waals surface area contributed by atoms with Crippen LogP contribution >= 0.6 is 0 Å². The van der Waals surface area contributed by atoms with Crippen molar-refractivity contribution in [2.45, 2.75) is 46.0 Å². The van der Waals surface area contributed by atoms with Crippen LogP contribution in [0.1, 0.15) is 48.8 Å². The molecule has 0 amide bonds. The third kappa shape index (κ3) is 4.08. The molecular weight excluding hydrogens is 254 g/mol. The zero-order valence-electron chi connectivity index (χ0n) is 13.9. The summed E-state index contributed by atoms with van der Waals surface area (Å²) in [5.41, 5.74) is -1.60. The van der Waals surface area contributed by atoms with Gasteiger partial charge in [-0.25, -0.2) is 0 Å². The maximum absolute atomic E-state index is 11.4. The van der Waals surface area contributed by atoms with Crippen molar-refractivity contribution in [3.63, 3.8) is 0 Å². The Labute approximate surface area is 166 Å². The molecule has 0 atom stereocenters. The number of carboxylic acid groups (broad SMARTS) is 2. The van der Waals surface area contributed by atoms with Crippen molar-refractivity contribution in [3.8, 4) is 0 Å².